The Morgan fingerprint density at radius 2 is 1.53 bits per heavy atom. The number of nitrogens with zero attached hydrogens (tertiary/aromatic N) is 1. The zero-order valence-electron chi connectivity index (χ0n) is 10.9. The molecule has 88 valence electrons. The highest BCUT2D eigenvalue weighted by Crippen LogP contribution is 2.41. The summed E-state index contributed by atoms with van der Waals surface area (Å²) < 4.78 is 0. The van der Waals surface area contributed by atoms with E-state index in [9.17, 15) is 0 Å². The first-order valence-electron chi connectivity index (χ1n) is 6.85. The molecular formula is C14H27N. The molecule has 3 atom stereocenters. The molecule has 1 nitrogen and oxygen atoms in total. The third-order valence-corrected chi connectivity index (χ3v) is 4.29. The normalized spacial score (nSPS) is 36.8. The fourth-order valence-corrected chi connectivity index (χ4v) is 4.03. The first-order chi connectivity index (χ1) is 7.08. The van der Waals surface area contributed by atoms with Gasteiger partial charge in [-0.25, -0.2) is 0 Å². The lowest BCUT2D eigenvalue weighted by Gasteiger charge is -2.42. The van der Waals surface area contributed by atoms with Gasteiger partial charge in [-0.2, -0.15) is 0 Å². The Hall–Kier alpha value is -0.0400. The van der Waals surface area contributed by atoms with Crippen LogP contribution in [0.4, 0.5) is 0 Å². The summed E-state index contributed by atoms with van der Waals surface area (Å²) in [7, 11) is 0. The lowest BCUT2D eigenvalue weighted by Crippen LogP contribution is -2.46. The number of fused-ring (bicyclic) bond motifs is 2. The van der Waals surface area contributed by atoms with Crippen LogP contribution in [0.5, 0.6) is 0 Å². The predicted molar refractivity (Wildman–Crippen MR) is 66.0 cm³/mol. The summed E-state index contributed by atoms with van der Waals surface area (Å²) in [6.07, 6.45) is 7.35. The second-order valence-electron chi connectivity index (χ2n) is 6.39. The Balaban J connectivity index is 1.96. The summed E-state index contributed by atoms with van der Waals surface area (Å²) in [6.45, 7) is 9.48. The maximum atomic E-state index is 2.80. The van der Waals surface area contributed by atoms with Crippen LogP contribution in [0.1, 0.15) is 59.8 Å². The number of piperidine rings is 1. The molecule has 2 fully saturated rings. The molecule has 15 heavy (non-hydrogen) atoms. The minimum atomic E-state index is 0.766. The van der Waals surface area contributed by atoms with E-state index in [1.54, 1.807) is 0 Å². The molecule has 2 saturated heterocycles. The Morgan fingerprint density at radius 3 is 1.93 bits per heavy atom. The highest BCUT2D eigenvalue weighted by molar-refractivity contribution is 4.96. The molecule has 0 amide bonds. The topological polar surface area (TPSA) is 3.24 Å². The van der Waals surface area contributed by atoms with E-state index in [1.165, 1.54) is 32.1 Å². The molecule has 2 rings (SSSR count). The summed E-state index contributed by atoms with van der Waals surface area (Å²) in [5.74, 6) is 1.91. The van der Waals surface area contributed by atoms with Crippen molar-refractivity contribution in [1.29, 1.82) is 0 Å². The van der Waals surface area contributed by atoms with Crippen molar-refractivity contribution >= 4 is 0 Å². The summed E-state index contributed by atoms with van der Waals surface area (Å²) in [4.78, 5) is 2.80. The van der Waals surface area contributed by atoms with E-state index in [1.807, 2.05) is 0 Å². The number of rotatable bonds is 3. The molecule has 1 heteroatoms. The second-order valence-corrected chi connectivity index (χ2v) is 6.39. The molecule has 0 saturated carbocycles. The van der Waals surface area contributed by atoms with Crippen LogP contribution < -0.4 is 0 Å². The summed E-state index contributed by atoms with van der Waals surface area (Å²) in [5, 5.41) is 0. The molecule has 0 aromatic carbocycles. The molecule has 2 heterocycles. The van der Waals surface area contributed by atoms with Gasteiger partial charge < -0.3 is 0 Å². The molecule has 2 aliphatic rings. The average Bonchev–Trinajstić information content (AvgIpc) is 2.38. The van der Waals surface area contributed by atoms with E-state index in [0.29, 0.717) is 0 Å². The molecule has 0 N–H and O–H groups in total. The maximum absolute atomic E-state index is 2.80. The van der Waals surface area contributed by atoms with E-state index in [4.69, 9.17) is 0 Å². The monoisotopic (exact) mass is 209 g/mol. The van der Waals surface area contributed by atoms with Crippen LogP contribution in [-0.2, 0) is 0 Å². The third-order valence-electron chi connectivity index (χ3n) is 4.29. The first-order valence-corrected chi connectivity index (χ1v) is 6.85. The fourth-order valence-electron chi connectivity index (χ4n) is 4.03. The SMILES string of the molecule is CC(C)CC1C[C@H]2CC[C@@H](C1)N2C(C)C. The fraction of sp³-hybridized carbons (Fsp3) is 1.00. The molecule has 0 aromatic heterocycles. The van der Waals surface area contributed by atoms with Crippen LogP contribution in [-0.4, -0.2) is 23.0 Å². The van der Waals surface area contributed by atoms with E-state index in [-0.39, 0.29) is 0 Å². The molecule has 2 bridgehead atoms. The Bertz CT molecular complexity index is 195. The van der Waals surface area contributed by atoms with Gasteiger partial charge >= 0.3 is 0 Å². The van der Waals surface area contributed by atoms with Gasteiger partial charge in [-0.3, -0.25) is 4.90 Å². The van der Waals surface area contributed by atoms with Crippen LogP contribution in [0.2, 0.25) is 0 Å². The van der Waals surface area contributed by atoms with Gasteiger partial charge in [0.15, 0.2) is 0 Å². The summed E-state index contributed by atoms with van der Waals surface area (Å²) in [6, 6.07) is 2.61. The van der Waals surface area contributed by atoms with E-state index < -0.39 is 0 Å². The minimum absolute atomic E-state index is 0.766. The molecule has 0 aromatic rings. The predicted octanol–water partition coefficient (Wildman–Crippen LogP) is 3.68. The van der Waals surface area contributed by atoms with Crippen molar-refractivity contribution in [2.45, 2.75) is 77.9 Å². The van der Waals surface area contributed by atoms with Crippen LogP contribution in [0, 0.1) is 11.8 Å². The lowest BCUT2D eigenvalue weighted by atomic mass is 9.84. The van der Waals surface area contributed by atoms with Crippen molar-refractivity contribution in [3.63, 3.8) is 0 Å². The number of hydrogen-bond donors (Lipinski definition) is 0. The van der Waals surface area contributed by atoms with Crippen LogP contribution >= 0.6 is 0 Å². The molecule has 0 radical (unpaired) electrons. The lowest BCUT2D eigenvalue weighted by molar-refractivity contribution is 0.0669. The van der Waals surface area contributed by atoms with E-state index >= 15 is 0 Å². The number of hydrogen-bond acceptors (Lipinski definition) is 1. The van der Waals surface area contributed by atoms with Gasteiger partial charge in [0.1, 0.15) is 0 Å². The molecule has 2 aliphatic heterocycles. The van der Waals surface area contributed by atoms with Gasteiger partial charge in [0.2, 0.25) is 0 Å². The van der Waals surface area contributed by atoms with Gasteiger partial charge in [-0.1, -0.05) is 13.8 Å². The highest BCUT2D eigenvalue weighted by atomic mass is 15.2. The van der Waals surface area contributed by atoms with Gasteiger partial charge in [0.25, 0.3) is 0 Å². The zero-order chi connectivity index (χ0) is 11.0. The maximum Gasteiger partial charge on any atom is 0.0104 e. The van der Waals surface area contributed by atoms with Gasteiger partial charge in [-0.05, 0) is 57.8 Å². The van der Waals surface area contributed by atoms with Crippen LogP contribution in [0.3, 0.4) is 0 Å². The van der Waals surface area contributed by atoms with Crippen molar-refractivity contribution in [1.82, 2.24) is 4.90 Å². The third kappa shape index (κ3) is 2.38. The van der Waals surface area contributed by atoms with E-state index in [2.05, 4.69) is 32.6 Å². The van der Waals surface area contributed by atoms with Crippen molar-refractivity contribution in [2.75, 3.05) is 0 Å². The largest absolute Gasteiger partial charge is 0.295 e. The van der Waals surface area contributed by atoms with Gasteiger partial charge in [-0.15, -0.1) is 0 Å². The van der Waals surface area contributed by atoms with Crippen molar-refractivity contribution < 1.29 is 0 Å². The van der Waals surface area contributed by atoms with Gasteiger partial charge in [0.05, 0.1) is 0 Å². The molecule has 0 aliphatic carbocycles. The van der Waals surface area contributed by atoms with Crippen molar-refractivity contribution in [3.8, 4) is 0 Å². The molecular weight excluding hydrogens is 182 g/mol. The smallest absolute Gasteiger partial charge is 0.0104 e. The van der Waals surface area contributed by atoms with Crippen molar-refractivity contribution in [3.05, 3.63) is 0 Å². The van der Waals surface area contributed by atoms with Gasteiger partial charge in [0, 0.05) is 18.1 Å². The van der Waals surface area contributed by atoms with Crippen LogP contribution in [0.25, 0.3) is 0 Å². The highest BCUT2D eigenvalue weighted by Gasteiger charge is 2.41. The second kappa shape index (κ2) is 4.45. The average molecular weight is 209 g/mol. The standard InChI is InChI=1S/C14H27N/c1-10(2)7-12-8-13-5-6-14(9-12)15(13)11(3)4/h10-14H,5-9H2,1-4H3/t12?,13-,14+. The summed E-state index contributed by atoms with van der Waals surface area (Å²) in [5.41, 5.74) is 0. The minimum Gasteiger partial charge on any atom is -0.295 e. The molecule has 0 spiro atoms. The molecule has 1 unspecified atom stereocenters. The zero-order valence-corrected chi connectivity index (χ0v) is 10.9. The first kappa shape index (κ1) is 11.4. The Labute approximate surface area is 95.2 Å². The Kier molecular flexibility index (Phi) is 3.39. The van der Waals surface area contributed by atoms with Crippen molar-refractivity contribution in [2.24, 2.45) is 11.8 Å². The summed E-state index contributed by atoms with van der Waals surface area (Å²) >= 11 is 0. The van der Waals surface area contributed by atoms with E-state index in [0.717, 1.165) is 30.0 Å². The Morgan fingerprint density at radius 1 is 1.00 bits per heavy atom. The van der Waals surface area contributed by atoms with Crippen LogP contribution in [0.15, 0.2) is 0 Å². The quantitative estimate of drug-likeness (QED) is 0.685.